The summed E-state index contributed by atoms with van der Waals surface area (Å²) in [6, 6.07) is 0.157. The van der Waals surface area contributed by atoms with Crippen molar-refractivity contribution in [2.75, 3.05) is 26.4 Å². The highest BCUT2D eigenvalue weighted by molar-refractivity contribution is 7.89. The van der Waals surface area contributed by atoms with Crippen molar-refractivity contribution in [3.05, 3.63) is 0 Å². The van der Waals surface area contributed by atoms with Gasteiger partial charge in [0.05, 0.1) is 0 Å². The number of carbonyl (C=O) groups is 1. The number of sulfonamides is 1. The number of rotatable bonds is 4. The van der Waals surface area contributed by atoms with E-state index in [1.165, 1.54) is 14.1 Å². The summed E-state index contributed by atoms with van der Waals surface area (Å²) < 4.78 is 24.9. The molecule has 0 N–H and O–H groups in total. The van der Waals surface area contributed by atoms with E-state index in [1.54, 1.807) is 4.90 Å². The molecule has 0 aromatic heterocycles. The number of likely N-dealkylation sites (tertiary alicyclic amines) is 1. The van der Waals surface area contributed by atoms with Crippen molar-refractivity contribution in [3.63, 3.8) is 0 Å². The van der Waals surface area contributed by atoms with Gasteiger partial charge < -0.3 is 4.90 Å². The first-order valence-corrected chi connectivity index (χ1v) is 8.95. The van der Waals surface area contributed by atoms with Crippen LogP contribution in [0.25, 0.3) is 0 Å². The predicted octanol–water partition coefficient (Wildman–Crippen LogP) is 1.55. The molecule has 1 heterocycles. The summed E-state index contributed by atoms with van der Waals surface area (Å²) in [5, 5.41) is 0. The van der Waals surface area contributed by atoms with E-state index >= 15 is 0 Å². The second-order valence-corrected chi connectivity index (χ2v) is 8.59. The third-order valence-electron chi connectivity index (χ3n) is 4.17. The minimum atomic E-state index is -3.48. The van der Waals surface area contributed by atoms with Gasteiger partial charge >= 0.3 is 0 Å². The monoisotopic (exact) mass is 304 g/mol. The van der Waals surface area contributed by atoms with Crippen LogP contribution in [-0.2, 0) is 14.8 Å². The summed E-state index contributed by atoms with van der Waals surface area (Å²) in [6.45, 7) is 7.07. The van der Waals surface area contributed by atoms with Crippen molar-refractivity contribution in [2.24, 2.45) is 11.8 Å². The summed E-state index contributed by atoms with van der Waals surface area (Å²) in [4.78, 5) is 14.2. The van der Waals surface area contributed by atoms with Crippen molar-refractivity contribution in [1.29, 1.82) is 0 Å². The van der Waals surface area contributed by atoms with Crippen LogP contribution < -0.4 is 0 Å². The Hall–Kier alpha value is -0.620. The molecule has 118 valence electrons. The van der Waals surface area contributed by atoms with Crippen LogP contribution >= 0.6 is 0 Å². The minimum Gasteiger partial charge on any atom is -0.339 e. The molecule has 1 saturated heterocycles. The number of hydrogen-bond donors (Lipinski definition) is 0. The average Bonchev–Trinajstić information content (AvgIpc) is 2.50. The molecular formula is C14H28N2O3S. The van der Waals surface area contributed by atoms with E-state index in [0.29, 0.717) is 18.4 Å². The molecule has 1 aliphatic heterocycles. The van der Waals surface area contributed by atoms with Crippen molar-refractivity contribution in [2.45, 2.75) is 46.1 Å². The zero-order valence-electron chi connectivity index (χ0n) is 13.3. The SMILES string of the molecule is CC(C)[C@@H]1CC[C@@H](C)CCN1C(=O)CS(=O)(=O)N(C)C. The maximum atomic E-state index is 12.4. The summed E-state index contributed by atoms with van der Waals surface area (Å²) in [6.07, 6.45) is 3.02. The first-order chi connectivity index (χ1) is 9.15. The highest BCUT2D eigenvalue weighted by atomic mass is 32.2. The lowest BCUT2D eigenvalue weighted by Crippen LogP contribution is -2.46. The number of nitrogens with zero attached hydrogens (tertiary/aromatic N) is 2. The van der Waals surface area contributed by atoms with Crippen LogP contribution in [0.5, 0.6) is 0 Å². The van der Waals surface area contributed by atoms with E-state index < -0.39 is 15.8 Å². The molecule has 5 nitrogen and oxygen atoms in total. The molecule has 0 aromatic rings. The molecular weight excluding hydrogens is 276 g/mol. The molecule has 20 heavy (non-hydrogen) atoms. The molecule has 0 aromatic carbocycles. The van der Waals surface area contributed by atoms with Gasteiger partial charge in [0.2, 0.25) is 15.9 Å². The standard InChI is InChI=1S/C14H28N2O3S/c1-11(2)13-7-6-12(3)8-9-16(13)14(17)10-20(18,19)15(4)5/h11-13H,6-10H2,1-5H3/t12-,13+/m1/s1. The number of amides is 1. The summed E-state index contributed by atoms with van der Waals surface area (Å²) in [5.41, 5.74) is 0. The van der Waals surface area contributed by atoms with Crippen molar-refractivity contribution in [1.82, 2.24) is 9.21 Å². The fraction of sp³-hybridized carbons (Fsp3) is 0.929. The molecule has 0 radical (unpaired) electrons. The lowest BCUT2D eigenvalue weighted by atomic mass is 9.95. The van der Waals surface area contributed by atoms with Gasteiger partial charge in [-0.25, -0.2) is 12.7 Å². The Kier molecular flexibility index (Phi) is 6.01. The lowest BCUT2D eigenvalue weighted by molar-refractivity contribution is -0.131. The first kappa shape index (κ1) is 17.4. The van der Waals surface area contributed by atoms with E-state index in [4.69, 9.17) is 0 Å². The molecule has 1 rings (SSSR count). The van der Waals surface area contributed by atoms with Gasteiger partial charge in [0, 0.05) is 26.7 Å². The Labute approximate surface area is 123 Å². The molecule has 2 atom stereocenters. The van der Waals surface area contributed by atoms with Crippen LogP contribution in [0.3, 0.4) is 0 Å². The zero-order chi connectivity index (χ0) is 15.5. The van der Waals surface area contributed by atoms with Gasteiger partial charge in [0.15, 0.2) is 0 Å². The second kappa shape index (κ2) is 6.89. The van der Waals surface area contributed by atoms with Crippen LogP contribution in [0, 0.1) is 11.8 Å². The van der Waals surface area contributed by atoms with E-state index in [0.717, 1.165) is 23.6 Å². The Morgan fingerprint density at radius 2 is 1.85 bits per heavy atom. The predicted molar refractivity (Wildman–Crippen MR) is 80.8 cm³/mol. The van der Waals surface area contributed by atoms with E-state index in [9.17, 15) is 13.2 Å². The van der Waals surface area contributed by atoms with Crippen LogP contribution in [0.1, 0.15) is 40.0 Å². The second-order valence-electron chi connectivity index (χ2n) is 6.41. The Morgan fingerprint density at radius 1 is 1.25 bits per heavy atom. The van der Waals surface area contributed by atoms with Gasteiger partial charge in [0.25, 0.3) is 0 Å². The molecule has 0 unspecified atom stereocenters. The average molecular weight is 304 g/mol. The first-order valence-electron chi connectivity index (χ1n) is 7.34. The van der Waals surface area contributed by atoms with Gasteiger partial charge in [-0.2, -0.15) is 0 Å². The lowest BCUT2D eigenvalue weighted by Gasteiger charge is -2.33. The van der Waals surface area contributed by atoms with E-state index in [2.05, 4.69) is 20.8 Å². The summed E-state index contributed by atoms with van der Waals surface area (Å²) >= 11 is 0. The molecule has 6 heteroatoms. The molecule has 1 aliphatic rings. The third-order valence-corrected chi connectivity index (χ3v) is 5.89. The molecule has 1 fully saturated rings. The fourth-order valence-electron chi connectivity index (χ4n) is 2.65. The number of carbonyl (C=O) groups excluding carboxylic acids is 1. The molecule has 0 bridgehead atoms. The normalized spacial score (nSPS) is 25.1. The largest absolute Gasteiger partial charge is 0.339 e. The van der Waals surface area contributed by atoms with Crippen LogP contribution in [-0.4, -0.2) is 56.0 Å². The van der Waals surface area contributed by atoms with Crippen molar-refractivity contribution >= 4 is 15.9 Å². The molecule has 0 spiro atoms. The number of hydrogen-bond acceptors (Lipinski definition) is 3. The highest BCUT2D eigenvalue weighted by Crippen LogP contribution is 2.26. The van der Waals surface area contributed by atoms with Crippen LogP contribution in [0.15, 0.2) is 0 Å². The molecule has 0 saturated carbocycles. The maximum absolute atomic E-state index is 12.4. The summed E-state index contributed by atoms with van der Waals surface area (Å²) in [7, 11) is -0.549. The third kappa shape index (κ3) is 4.45. The van der Waals surface area contributed by atoms with Gasteiger partial charge in [-0.3, -0.25) is 4.79 Å². The topological polar surface area (TPSA) is 57.7 Å². The maximum Gasteiger partial charge on any atom is 0.239 e. The Morgan fingerprint density at radius 3 is 2.35 bits per heavy atom. The van der Waals surface area contributed by atoms with Gasteiger partial charge in [-0.05, 0) is 31.1 Å². The highest BCUT2D eigenvalue weighted by Gasteiger charge is 2.32. The fourth-order valence-corrected chi connectivity index (χ4v) is 3.39. The van der Waals surface area contributed by atoms with E-state index in [1.807, 2.05) is 0 Å². The van der Waals surface area contributed by atoms with Gasteiger partial charge in [-0.1, -0.05) is 20.8 Å². The van der Waals surface area contributed by atoms with Crippen molar-refractivity contribution < 1.29 is 13.2 Å². The summed E-state index contributed by atoms with van der Waals surface area (Å²) in [5.74, 6) is 0.273. The Balaban J connectivity index is 2.86. The minimum absolute atomic E-state index is 0.157. The van der Waals surface area contributed by atoms with Gasteiger partial charge in [-0.15, -0.1) is 0 Å². The van der Waals surface area contributed by atoms with Crippen molar-refractivity contribution in [3.8, 4) is 0 Å². The van der Waals surface area contributed by atoms with Gasteiger partial charge in [0.1, 0.15) is 5.75 Å². The molecule has 1 amide bonds. The quantitative estimate of drug-likeness (QED) is 0.792. The zero-order valence-corrected chi connectivity index (χ0v) is 14.1. The van der Waals surface area contributed by atoms with E-state index in [-0.39, 0.29) is 11.9 Å². The van der Waals surface area contributed by atoms with Crippen LogP contribution in [0.2, 0.25) is 0 Å². The van der Waals surface area contributed by atoms with Crippen LogP contribution in [0.4, 0.5) is 0 Å². The molecule has 0 aliphatic carbocycles. The Bertz CT molecular complexity index is 432. The smallest absolute Gasteiger partial charge is 0.239 e.